The molecule has 1 saturated carbocycles. The molecule has 0 spiro atoms. The van der Waals surface area contributed by atoms with Crippen molar-refractivity contribution in [2.24, 2.45) is 5.92 Å². The maximum absolute atomic E-state index is 13.8. The van der Waals surface area contributed by atoms with E-state index >= 15 is 0 Å². The fourth-order valence-corrected chi connectivity index (χ4v) is 5.52. The number of rotatable bonds is 6. The van der Waals surface area contributed by atoms with Gasteiger partial charge < -0.3 is 25.2 Å². The number of likely N-dealkylation sites (tertiary alicyclic amines) is 1. The number of ether oxygens (including phenoxy) is 1. The third-order valence-electron chi connectivity index (χ3n) is 7.62. The van der Waals surface area contributed by atoms with Crippen LogP contribution in [0.4, 0.5) is 44.2 Å². The van der Waals surface area contributed by atoms with Crippen LogP contribution in [0.25, 0.3) is 11.3 Å². The zero-order chi connectivity index (χ0) is 28.5. The maximum atomic E-state index is 13.8. The lowest BCUT2D eigenvalue weighted by molar-refractivity contribution is -0.143. The Morgan fingerprint density at radius 1 is 1.12 bits per heavy atom. The van der Waals surface area contributed by atoms with Gasteiger partial charge in [0.05, 0.1) is 18.9 Å². The number of alkyl halides is 5. The van der Waals surface area contributed by atoms with Crippen molar-refractivity contribution in [2.75, 3.05) is 54.9 Å². The Balaban J connectivity index is 1.37. The van der Waals surface area contributed by atoms with Crippen molar-refractivity contribution in [2.45, 2.75) is 57.2 Å². The van der Waals surface area contributed by atoms with Gasteiger partial charge in [0.1, 0.15) is 5.82 Å². The Bertz CT molecular complexity index is 1220. The summed E-state index contributed by atoms with van der Waals surface area (Å²) in [7, 11) is 0. The molecule has 2 atom stereocenters. The quantitative estimate of drug-likeness (QED) is 0.436. The van der Waals surface area contributed by atoms with Crippen molar-refractivity contribution in [1.29, 1.82) is 0 Å². The van der Waals surface area contributed by atoms with Gasteiger partial charge in [0.25, 0.3) is 0 Å². The van der Waals surface area contributed by atoms with Gasteiger partial charge in [0.2, 0.25) is 11.9 Å². The first kappa shape index (κ1) is 28.3. The molecule has 0 radical (unpaired) electrons. The van der Waals surface area contributed by atoms with E-state index in [0.29, 0.717) is 67.9 Å². The van der Waals surface area contributed by atoms with Gasteiger partial charge >= 0.3 is 12.2 Å². The third kappa shape index (κ3) is 7.10. The number of urea groups is 1. The van der Waals surface area contributed by atoms with E-state index in [0.717, 1.165) is 5.56 Å². The van der Waals surface area contributed by atoms with Gasteiger partial charge in [-0.2, -0.15) is 18.2 Å². The monoisotopic (exact) mass is 568 g/mol. The molecule has 1 aromatic heterocycles. The van der Waals surface area contributed by atoms with Crippen LogP contribution in [-0.4, -0.2) is 78.4 Å². The summed E-state index contributed by atoms with van der Waals surface area (Å²) in [6.07, 6.45) is -4.96. The second-order valence-electron chi connectivity index (χ2n) is 10.9. The first-order valence-electron chi connectivity index (χ1n) is 13.5. The zero-order valence-corrected chi connectivity index (χ0v) is 22.2. The third-order valence-corrected chi connectivity index (χ3v) is 7.62. The summed E-state index contributed by atoms with van der Waals surface area (Å²) in [5.41, 5.74) is 2.62. The average Bonchev–Trinajstić information content (AvgIpc) is 3.49. The lowest BCUT2D eigenvalue weighted by Gasteiger charge is -2.28. The molecule has 8 nitrogen and oxygen atoms in total. The molecule has 3 heterocycles. The highest BCUT2D eigenvalue weighted by molar-refractivity contribution is 5.90. The van der Waals surface area contributed by atoms with E-state index in [9.17, 15) is 26.7 Å². The summed E-state index contributed by atoms with van der Waals surface area (Å²) in [5.74, 6) is -2.42. The number of hydrogen-bond acceptors (Lipinski definition) is 6. The van der Waals surface area contributed by atoms with Gasteiger partial charge in [0.15, 0.2) is 0 Å². The van der Waals surface area contributed by atoms with Gasteiger partial charge in [-0.15, -0.1) is 0 Å². The predicted molar refractivity (Wildman–Crippen MR) is 141 cm³/mol. The summed E-state index contributed by atoms with van der Waals surface area (Å²) in [5, 5.41) is 5.97. The molecular formula is C27H33F5N6O2. The minimum absolute atomic E-state index is 0.0497. The van der Waals surface area contributed by atoms with E-state index in [1.54, 1.807) is 18.2 Å². The number of anilines is 3. The van der Waals surface area contributed by atoms with Crippen LogP contribution >= 0.6 is 0 Å². The second kappa shape index (κ2) is 11.3. The Labute approximate surface area is 229 Å². The zero-order valence-electron chi connectivity index (χ0n) is 22.2. The minimum atomic E-state index is -4.26. The number of carbonyl (C=O) groups excluding carboxylic acids is 1. The molecule has 2 aliphatic heterocycles. The van der Waals surface area contributed by atoms with E-state index in [1.165, 1.54) is 4.90 Å². The largest absolute Gasteiger partial charge is 0.389 e. The molecular weight excluding hydrogens is 535 g/mol. The molecule has 2 saturated heterocycles. The van der Waals surface area contributed by atoms with Crippen molar-refractivity contribution in [3.05, 3.63) is 29.8 Å². The van der Waals surface area contributed by atoms with Gasteiger partial charge in [0, 0.05) is 68.8 Å². The highest BCUT2D eigenvalue weighted by Gasteiger charge is 2.40. The lowest BCUT2D eigenvalue weighted by atomic mass is 10.0. The number of amides is 2. The molecule has 13 heteroatoms. The summed E-state index contributed by atoms with van der Waals surface area (Å²) >= 11 is 0. The van der Waals surface area contributed by atoms with Crippen LogP contribution in [0.1, 0.15) is 37.7 Å². The highest BCUT2D eigenvalue weighted by Crippen LogP contribution is 2.37. The fourth-order valence-electron chi connectivity index (χ4n) is 5.52. The summed E-state index contributed by atoms with van der Waals surface area (Å²) < 4.78 is 71.4. The van der Waals surface area contributed by atoms with E-state index in [1.807, 2.05) is 17.9 Å². The molecule has 40 heavy (non-hydrogen) atoms. The topological polar surface area (TPSA) is 82.6 Å². The van der Waals surface area contributed by atoms with Crippen molar-refractivity contribution in [1.82, 2.24) is 14.9 Å². The Hall–Kier alpha value is -3.22. The normalized spacial score (nSPS) is 22.9. The smallest absolute Gasteiger partial charge is 0.378 e. The SMILES string of the molecule is Cc1ccc(NC(=O)N2CCC(CC(F)(F)F)C2)cc1-c1cc(N[C@H]2CCC(F)(F)C2)nc(N2CCOCC2)n1. The number of aromatic nitrogens is 2. The van der Waals surface area contributed by atoms with Crippen LogP contribution in [0.3, 0.4) is 0 Å². The van der Waals surface area contributed by atoms with E-state index in [2.05, 4.69) is 15.6 Å². The maximum Gasteiger partial charge on any atom is 0.389 e. The number of benzene rings is 1. The molecule has 2 aromatic rings. The number of carbonyl (C=O) groups is 1. The molecule has 2 amide bonds. The highest BCUT2D eigenvalue weighted by atomic mass is 19.4. The van der Waals surface area contributed by atoms with Crippen LogP contribution in [0.15, 0.2) is 24.3 Å². The Morgan fingerprint density at radius 3 is 2.60 bits per heavy atom. The van der Waals surface area contributed by atoms with Gasteiger partial charge in [-0.3, -0.25) is 0 Å². The first-order chi connectivity index (χ1) is 18.9. The molecule has 3 fully saturated rings. The second-order valence-corrected chi connectivity index (χ2v) is 10.9. The molecule has 0 bridgehead atoms. The van der Waals surface area contributed by atoms with Gasteiger partial charge in [-0.25, -0.2) is 18.6 Å². The van der Waals surface area contributed by atoms with E-state index in [-0.39, 0.29) is 25.9 Å². The molecule has 2 N–H and O–H groups in total. The van der Waals surface area contributed by atoms with Crippen LogP contribution in [0.5, 0.6) is 0 Å². The number of hydrogen-bond donors (Lipinski definition) is 2. The van der Waals surface area contributed by atoms with Crippen molar-refractivity contribution in [3.63, 3.8) is 0 Å². The van der Waals surface area contributed by atoms with Crippen molar-refractivity contribution in [3.8, 4) is 11.3 Å². The van der Waals surface area contributed by atoms with E-state index < -0.39 is 36.5 Å². The van der Waals surface area contributed by atoms with Gasteiger partial charge in [-0.05, 0) is 43.4 Å². The van der Waals surface area contributed by atoms with Gasteiger partial charge in [-0.1, -0.05) is 6.07 Å². The standard InChI is InChI=1S/C27H33F5N6O2/c1-17-2-3-19(34-25(39)38-7-5-18(16-38)14-27(30,31)32)12-21(17)22-13-23(33-20-4-6-26(28,29)15-20)36-24(35-22)37-8-10-40-11-9-37/h2-3,12-13,18,20H,4-11,14-16H2,1H3,(H,34,39)(H,33,35,36)/t18?,20-/m0/s1. The van der Waals surface area contributed by atoms with Crippen molar-refractivity contribution >= 4 is 23.5 Å². The number of nitrogens with one attached hydrogen (secondary N) is 2. The molecule has 1 unspecified atom stereocenters. The fraction of sp³-hybridized carbons (Fsp3) is 0.593. The molecule has 3 aliphatic rings. The summed E-state index contributed by atoms with van der Waals surface area (Å²) in [6.45, 7) is 4.42. The predicted octanol–water partition coefficient (Wildman–Crippen LogP) is 5.69. The Kier molecular flexibility index (Phi) is 8.03. The number of aryl methyl sites for hydroxylation is 1. The van der Waals surface area contributed by atoms with Crippen LogP contribution in [0, 0.1) is 12.8 Å². The number of morpholine rings is 1. The summed E-state index contributed by atoms with van der Waals surface area (Å²) in [6, 6.07) is 6.16. The van der Waals surface area contributed by atoms with Crippen molar-refractivity contribution < 1.29 is 31.5 Å². The van der Waals surface area contributed by atoms with Crippen LogP contribution in [0.2, 0.25) is 0 Å². The Morgan fingerprint density at radius 2 is 1.90 bits per heavy atom. The minimum Gasteiger partial charge on any atom is -0.378 e. The van der Waals surface area contributed by atoms with E-state index in [4.69, 9.17) is 9.72 Å². The van der Waals surface area contributed by atoms with Crippen LogP contribution < -0.4 is 15.5 Å². The van der Waals surface area contributed by atoms with Crippen LogP contribution in [-0.2, 0) is 4.74 Å². The molecule has 5 rings (SSSR count). The first-order valence-corrected chi connectivity index (χ1v) is 13.5. The summed E-state index contributed by atoms with van der Waals surface area (Å²) in [4.78, 5) is 25.6. The lowest BCUT2D eigenvalue weighted by Crippen LogP contribution is -2.37. The molecule has 1 aliphatic carbocycles. The number of nitrogens with zero attached hydrogens (tertiary/aromatic N) is 4. The average molecular weight is 569 g/mol. The number of halogens is 5. The molecule has 218 valence electrons. The molecule has 1 aromatic carbocycles.